The molecule has 2 fully saturated rings. The standard InChI is InChI=1S/C10H13NO2/c1-7(12)13-10(6-11)5-8-2-3-9(10)4-8/h8-9H,2-5H2,1H3/t8-,9+,10+/m1/s1. The average Bonchev–Trinajstić information content (AvgIpc) is 2.62. The quantitative estimate of drug-likeness (QED) is 0.575. The average molecular weight is 179 g/mol. The van der Waals surface area contributed by atoms with Crippen LogP contribution in [0.25, 0.3) is 0 Å². The van der Waals surface area contributed by atoms with Crippen molar-refractivity contribution in [3.63, 3.8) is 0 Å². The second kappa shape index (κ2) is 2.73. The molecule has 13 heavy (non-hydrogen) atoms. The van der Waals surface area contributed by atoms with Crippen molar-refractivity contribution >= 4 is 5.97 Å². The molecule has 3 nitrogen and oxygen atoms in total. The Balaban J connectivity index is 2.18. The third-order valence-corrected chi connectivity index (χ3v) is 3.31. The molecular formula is C10H13NO2. The van der Waals surface area contributed by atoms with Crippen LogP contribution in [0.5, 0.6) is 0 Å². The smallest absolute Gasteiger partial charge is 0.304 e. The summed E-state index contributed by atoms with van der Waals surface area (Å²) in [4.78, 5) is 10.9. The van der Waals surface area contributed by atoms with E-state index in [4.69, 9.17) is 10.00 Å². The number of hydrogen-bond donors (Lipinski definition) is 0. The number of nitrogens with zero attached hydrogens (tertiary/aromatic N) is 1. The van der Waals surface area contributed by atoms with Gasteiger partial charge < -0.3 is 4.74 Å². The number of nitriles is 1. The molecule has 0 unspecified atom stereocenters. The van der Waals surface area contributed by atoms with Gasteiger partial charge in [0.1, 0.15) is 6.07 Å². The molecule has 70 valence electrons. The molecule has 2 aliphatic rings. The molecule has 0 heterocycles. The maximum atomic E-state index is 10.9. The number of carbonyl (C=O) groups excluding carboxylic acids is 1. The van der Waals surface area contributed by atoms with Crippen LogP contribution < -0.4 is 0 Å². The Morgan fingerprint density at radius 3 is 2.77 bits per heavy atom. The van der Waals surface area contributed by atoms with Crippen LogP contribution in [0.4, 0.5) is 0 Å². The topological polar surface area (TPSA) is 50.1 Å². The van der Waals surface area contributed by atoms with Gasteiger partial charge in [0.2, 0.25) is 0 Å². The fraction of sp³-hybridized carbons (Fsp3) is 0.800. The first-order chi connectivity index (χ1) is 6.16. The molecule has 0 radical (unpaired) electrons. The summed E-state index contributed by atoms with van der Waals surface area (Å²) < 4.78 is 5.18. The van der Waals surface area contributed by atoms with Crippen LogP contribution in [0, 0.1) is 23.2 Å². The van der Waals surface area contributed by atoms with Gasteiger partial charge >= 0.3 is 5.97 Å². The summed E-state index contributed by atoms with van der Waals surface area (Å²) in [6.45, 7) is 1.38. The highest BCUT2D eigenvalue weighted by atomic mass is 16.6. The zero-order valence-electron chi connectivity index (χ0n) is 7.75. The molecule has 0 N–H and O–H groups in total. The molecule has 0 aromatic heterocycles. The third kappa shape index (κ3) is 1.21. The Bertz CT molecular complexity index is 281. The molecule has 0 aliphatic heterocycles. The monoisotopic (exact) mass is 179 g/mol. The van der Waals surface area contributed by atoms with Gasteiger partial charge in [0, 0.05) is 19.3 Å². The zero-order chi connectivity index (χ0) is 9.47. The highest BCUT2D eigenvalue weighted by Gasteiger charge is 2.54. The number of fused-ring (bicyclic) bond motifs is 2. The van der Waals surface area contributed by atoms with E-state index in [2.05, 4.69) is 6.07 Å². The molecule has 2 rings (SSSR count). The van der Waals surface area contributed by atoms with Crippen molar-refractivity contribution in [2.45, 2.75) is 38.2 Å². The van der Waals surface area contributed by atoms with Crippen LogP contribution in [0.3, 0.4) is 0 Å². The van der Waals surface area contributed by atoms with E-state index in [1.807, 2.05) is 0 Å². The van der Waals surface area contributed by atoms with E-state index >= 15 is 0 Å². The van der Waals surface area contributed by atoms with E-state index in [0.29, 0.717) is 11.8 Å². The summed E-state index contributed by atoms with van der Waals surface area (Å²) in [5.74, 6) is 0.587. The van der Waals surface area contributed by atoms with Crippen LogP contribution >= 0.6 is 0 Å². The molecule has 2 bridgehead atoms. The van der Waals surface area contributed by atoms with Gasteiger partial charge in [-0.05, 0) is 25.2 Å². The zero-order valence-corrected chi connectivity index (χ0v) is 7.75. The molecule has 2 aliphatic carbocycles. The Labute approximate surface area is 77.7 Å². The van der Waals surface area contributed by atoms with Crippen molar-refractivity contribution in [3.05, 3.63) is 0 Å². The van der Waals surface area contributed by atoms with Gasteiger partial charge in [-0.25, -0.2) is 0 Å². The maximum absolute atomic E-state index is 10.9. The van der Waals surface area contributed by atoms with Gasteiger partial charge in [-0.3, -0.25) is 4.79 Å². The highest BCUT2D eigenvalue weighted by molar-refractivity contribution is 5.67. The lowest BCUT2D eigenvalue weighted by Crippen LogP contribution is -2.38. The Morgan fingerprint density at radius 1 is 1.62 bits per heavy atom. The Kier molecular flexibility index (Phi) is 1.80. The van der Waals surface area contributed by atoms with Crippen molar-refractivity contribution < 1.29 is 9.53 Å². The lowest BCUT2D eigenvalue weighted by Gasteiger charge is -2.29. The Morgan fingerprint density at radius 2 is 2.38 bits per heavy atom. The summed E-state index contributed by atoms with van der Waals surface area (Å²) in [6, 6.07) is 2.20. The number of carbonyl (C=O) groups is 1. The van der Waals surface area contributed by atoms with Crippen LogP contribution in [-0.4, -0.2) is 11.6 Å². The fourth-order valence-corrected chi connectivity index (χ4v) is 2.82. The van der Waals surface area contributed by atoms with Crippen molar-refractivity contribution in [1.82, 2.24) is 0 Å². The molecule has 0 aromatic rings. The van der Waals surface area contributed by atoms with Gasteiger partial charge in [0.15, 0.2) is 5.60 Å². The number of ether oxygens (including phenoxy) is 1. The minimum Gasteiger partial charge on any atom is -0.443 e. The van der Waals surface area contributed by atoms with Gasteiger partial charge in [-0.1, -0.05) is 0 Å². The van der Waals surface area contributed by atoms with Crippen LogP contribution in [0.15, 0.2) is 0 Å². The van der Waals surface area contributed by atoms with Crippen LogP contribution in [0.1, 0.15) is 32.6 Å². The second-order valence-corrected chi connectivity index (χ2v) is 4.18. The van der Waals surface area contributed by atoms with E-state index in [0.717, 1.165) is 19.3 Å². The molecule has 0 spiro atoms. The van der Waals surface area contributed by atoms with Gasteiger partial charge in [-0.2, -0.15) is 5.26 Å². The van der Waals surface area contributed by atoms with E-state index in [1.54, 1.807) is 0 Å². The molecule has 0 aromatic carbocycles. The predicted molar refractivity (Wildman–Crippen MR) is 45.6 cm³/mol. The van der Waals surface area contributed by atoms with Crippen molar-refractivity contribution in [2.24, 2.45) is 11.8 Å². The number of esters is 1. The summed E-state index contributed by atoms with van der Waals surface area (Å²) in [6.07, 6.45) is 4.08. The SMILES string of the molecule is CC(=O)O[C@]1(C#N)C[C@@H]2CC[C@H]1C2. The largest absolute Gasteiger partial charge is 0.443 e. The van der Waals surface area contributed by atoms with Crippen LogP contribution in [-0.2, 0) is 9.53 Å². The number of hydrogen-bond acceptors (Lipinski definition) is 3. The van der Waals surface area contributed by atoms with E-state index in [1.165, 1.54) is 13.3 Å². The minimum absolute atomic E-state index is 0.298. The first kappa shape index (κ1) is 8.55. The molecule has 3 heteroatoms. The first-order valence-corrected chi connectivity index (χ1v) is 4.77. The lowest BCUT2D eigenvalue weighted by atomic mass is 9.85. The lowest BCUT2D eigenvalue weighted by molar-refractivity contribution is -0.155. The van der Waals surface area contributed by atoms with Crippen molar-refractivity contribution in [1.29, 1.82) is 5.26 Å². The number of rotatable bonds is 1. The molecule has 3 atom stereocenters. The third-order valence-electron chi connectivity index (χ3n) is 3.31. The minimum atomic E-state index is -0.769. The predicted octanol–water partition coefficient (Wildman–Crippen LogP) is 1.63. The first-order valence-electron chi connectivity index (χ1n) is 4.77. The highest BCUT2D eigenvalue weighted by Crippen LogP contribution is 2.52. The normalized spacial score (nSPS) is 41.5. The second-order valence-electron chi connectivity index (χ2n) is 4.18. The fourth-order valence-electron chi connectivity index (χ4n) is 2.82. The molecular weight excluding hydrogens is 166 g/mol. The van der Waals surface area contributed by atoms with Crippen molar-refractivity contribution in [3.8, 4) is 6.07 Å². The molecule has 2 saturated carbocycles. The van der Waals surface area contributed by atoms with Gasteiger partial charge in [0.05, 0.1) is 0 Å². The summed E-state index contributed by atoms with van der Waals surface area (Å²) in [5, 5.41) is 9.06. The Hall–Kier alpha value is -1.04. The van der Waals surface area contributed by atoms with Gasteiger partial charge in [-0.15, -0.1) is 0 Å². The van der Waals surface area contributed by atoms with E-state index < -0.39 is 5.60 Å². The molecule has 0 amide bonds. The molecule has 0 saturated heterocycles. The maximum Gasteiger partial charge on any atom is 0.304 e. The summed E-state index contributed by atoms with van der Waals surface area (Å²) in [5.41, 5.74) is -0.769. The van der Waals surface area contributed by atoms with Gasteiger partial charge in [0.25, 0.3) is 0 Å². The summed E-state index contributed by atoms with van der Waals surface area (Å²) >= 11 is 0. The van der Waals surface area contributed by atoms with E-state index in [-0.39, 0.29) is 5.97 Å². The van der Waals surface area contributed by atoms with Crippen molar-refractivity contribution in [2.75, 3.05) is 0 Å². The summed E-state index contributed by atoms with van der Waals surface area (Å²) in [7, 11) is 0. The van der Waals surface area contributed by atoms with Crippen LogP contribution in [0.2, 0.25) is 0 Å². The van der Waals surface area contributed by atoms with E-state index in [9.17, 15) is 4.79 Å².